The Labute approximate surface area is 251 Å². The zero-order chi connectivity index (χ0) is 29.8. The fraction of sp³-hybridized carbons (Fsp3) is 0.353. The largest absolute Gasteiger partial charge is 0.493 e. The van der Waals surface area contributed by atoms with Crippen LogP contribution in [0.25, 0.3) is 10.9 Å². The highest BCUT2D eigenvalue weighted by molar-refractivity contribution is 6.03. The van der Waals surface area contributed by atoms with Crippen LogP contribution in [0.5, 0.6) is 23.0 Å². The van der Waals surface area contributed by atoms with Gasteiger partial charge in [-0.15, -0.1) is 0 Å². The van der Waals surface area contributed by atoms with Crippen LogP contribution in [0.4, 0.5) is 5.69 Å². The number of carbonyl (C=O) groups is 2. The highest BCUT2D eigenvalue weighted by atomic mass is 16.6. The molecule has 2 aliphatic rings. The number of hydrogen-bond acceptors (Lipinski definition) is 6. The predicted octanol–water partition coefficient (Wildman–Crippen LogP) is 5.72. The Balaban J connectivity index is 1.46. The predicted molar refractivity (Wildman–Crippen MR) is 164 cm³/mol. The number of carbonyl (C=O) groups excluding carboxylic acids is 2. The Hall–Kier alpha value is -4.66. The summed E-state index contributed by atoms with van der Waals surface area (Å²) in [7, 11) is 3.12. The van der Waals surface area contributed by atoms with Crippen molar-refractivity contribution in [1.82, 2.24) is 10.3 Å². The second kappa shape index (κ2) is 12.7. The molecule has 6 rings (SSSR count). The molecule has 1 atom stereocenters. The number of amides is 2. The summed E-state index contributed by atoms with van der Waals surface area (Å²) in [6.07, 6.45) is 7.07. The lowest BCUT2D eigenvalue weighted by molar-refractivity contribution is -0.127. The van der Waals surface area contributed by atoms with Gasteiger partial charge in [0.1, 0.15) is 19.3 Å². The van der Waals surface area contributed by atoms with Crippen molar-refractivity contribution in [3.63, 3.8) is 0 Å². The fourth-order valence-corrected chi connectivity index (χ4v) is 6.11. The molecule has 0 spiro atoms. The lowest BCUT2D eigenvalue weighted by Gasteiger charge is -2.34. The van der Waals surface area contributed by atoms with E-state index in [1.54, 1.807) is 43.4 Å². The van der Waals surface area contributed by atoms with Gasteiger partial charge in [0.2, 0.25) is 11.8 Å². The maximum absolute atomic E-state index is 14.5. The number of H-pyrrole nitrogens is 1. The third-order valence-corrected chi connectivity index (χ3v) is 8.27. The Morgan fingerprint density at radius 3 is 2.49 bits per heavy atom. The fourth-order valence-electron chi connectivity index (χ4n) is 6.11. The second-order valence-corrected chi connectivity index (χ2v) is 11.0. The van der Waals surface area contributed by atoms with Crippen molar-refractivity contribution in [1.29, 1.82) is 0 Å². The monoisotopic (exact) mass is 583 g/mol. The molecule has 0 bridgehead atoms. The summed E-state index contributed by atoms with van der Waals surface area (Å²) in [5, 5.41) is 4.24. The molecule has 2 amide bonds. The van der Waals surface area contributed by atoms with Gasteiger partial charge in [-0.2, -0.15) is 0 Å². The first-order chi connectivity index (χ1) is 21.1. The minimum absolute atomic E-state index is 0.0507. The molecule has 1 aliphatic carbocycles. The van der Waals surface area contributed by atoms with Gasteiger partial charge in [0, 0.05) is 34.9 Å². The summed E-state index contributed by atoms with van der Waals surface area (Å²) in [6, 6.07) is 17.7. The number of rotatable bonds is 9. The van der Waals surface area contributed by atoms with Crippen molar-refractivity contribution in [2.75, 3.05) is 32.3 Å². The van der Waals surface area contributed by atoms with Crippen LogP contribution >= 0.6 is 0 Å². The average molecular weight is 584 g/mol. The molecule has 224 valence electrons. The van der Waals surface area contributed by atoms with Crippen molar-refractivity contribution in [3.05, 3.63) is 78.0 Å². The first-order valence-electron chi connectivity index (χ1n) is 14.8. The van der Waals surface area contributed by atoms with Crippen LogP contribution in [-0.2, 0) is 16.0 Å². The summed E-state index contributed by atoms with van der Waals surface area (Å²) >= 11 is 0. The van der Waals surface area contributed by atoms with Gasteiger partial charge >= 0.3 is 0 Å². The first kappa shape index (κ1) is 28.5. The summed E-state index contributed by atoms with van der Waals surface area (Å²) < 4.78 is 22.7. The molecular weight excluding hydrogens is 546 g/mol. The molecule has 1 saturated carbocycles. The minimum Gasteiger partial charge on any atom is -0.493 e. The molecular formula is C34H37N3O6. The molecule has 1 fully saturated rings. The highest BCUT2D eigenvalue weighted by Crippen LogP contribution is 2.39. The molecule has 0 unspecified atom stereocenters. The van der Waals surface area contributed by atoms with Gasteiger partial charge in [0.05, 0.1) is 20.6 Å². The number of nitrogens with one attached hydrogen (secondary N) is 2. The maximum Gasteiger partial charge on any atom is 0.248 e. The number of methoxy groups -OCH3 is 2. The molecule has 1 aliphatic heterocycles. The molecule has 9 heteroatoms. The van der Waals surface area contributed by atoms with Crippen molar-refractivity contribution in [2.45, 2.75) is 50.6 Å². The van der Waals surface area contributed by atoms with Crippen LogP contribution in [-0.4, -0.2) is 50.3 Å². The second-order valence-electron chi connectivity index (χ2n) is 11.0. The van der Waals surface area contributed by atoms with Gasteiger partial charge in [-0.1, -0.05) is 43.5 Å². The first-order valence-corrected chi connectivity index (χ1v) is 14.8. The van der Waals surface area contributed by atoms with E-state index in [1.807, 2.05) is 42.6 Å². The molecule has 9 nitrogen and oxygen atoms in total. The third-order valence-electron chi connectivity index (χ3n) is 8.27. The number of aromatic amines is 1. The van der Waals surface area contributed by atoms with Crippen LogP contribution < -0.4 is 29.2 Å². The zero-order valence-electron chi connectivity index (χ0n) is 24.6. The highest BCUT2D eigenvalue weighted by Gasteiger charge is 2.35. The summed E-state index contributed by atoms with van der Waals surface area (Å²) in [6.45, 7) is 0.856. The molecule has 1 aromatic heterocycles. The summed E-state index contributed by atoms with van der Waals surface area (Å²) in [5.41, 5.74) is 2.94. The van der Waals surface area contributed by atoms with Gasteiger partial charge in [-0.3, -0.25) is 14.5 Å². The third kappa shape index (κ3) is 5.98. The molecule has 43 heavy (non-hydrogen) atoms. The maximum atomic E-state index is 14.5. The molecule has 2 heterocycles. The Morgan fingerprint density at radius 2 is 1.70 bits per heavy atom. The number of nitrogens with zero attached hydrogens (tertiary/aromatic N) is 1. The van der Waals surface area contributed by atoms with Gasteiger partial charge in [-0.05, 0) is 54.3 Å². The lowest BCUT2D eigenvalue weighted by atomic mass is 9.94. The number of para-hydroxylation sites is 1. The standard InChI is InChI=1S/C34H37N3O6/c1-40-28-14-12-22(18-30(28)41-2)33(34(39)36-24-8-4-3-5-9-24)37(25-13-15-29-31(20-25)43-17-16-42-29)32(38)19-23-21-35-27-11-7-6-10-26(23)27/h6-7,10-15,18,20-21,24,33,35H,3-5,8-9,16-17,19H2,1-2H3,(H,36,39)/t33-/m0/s1. The van der Waals surface area contributed by atoms with Crippen LogP contribution in [0.3, 0.4) is 0 Å². The minimum atomic E-state index is -0.984. The van der Waals surface area contributed by atoms with E-state index in [2.05, 4.69) is 10.3 Å². The lowest BCUT2D eigenvalue weighted by Crippen LogP contribution is -2.47. The van der Waals surface area contributed by atoms with Crippen LogP contribution in [0.15, 0.2) is 66.9 Å². The zero-order valence-corrected chi connectivity index (χ0v) is 24.6. The molecule has 4 aromatic rings. The van der Waals surface area contributed by atoms with E-state index in [0.29, 0.717) is 47.5 Å². The van der Waals surface area contributed by atoms with Crippen LogP contribution in [0.2, 0.25) is 0 Å². The van der Waals surface area contributed by atoms with E-state index < -0.39 is 6.04 Å². The van der Waals surface area contributed by atoms with Gasteiger partial charge in [0.15, 0.2) is 23.0 Å². The van der Waals surface area contributed by atoms with Gasteiger partial charge in [0.25, 0.3) is 0 Å². The Morgan fingerprint density at radius 1 is 0.930 bits per heavy atom. The number of benzene rings is 3. The molecule has 2 N–H and O–H groups in total. The van der Waals surface area contributed by atoms with E-state index in [0.717, 1.165) is 48.6 Å². The topological polar surface area (TPSA) is 102 Å². The SMILES string of the molecule is COc1ccc([C@@H](C(=O)NC2CCCCC2)N(C(=O)Cc2c[nH]c3ccccc23)c2ccc3c(c2)OCCO3)cc1OC. The number of fused-ring (bicyclic) bond motifs is 2. The van der Waals surface area contributed by atoms with E-state index in [1.165, 1.54) is 0 Å². The van der Waals surface area contributed by atoms with E-state index >= 15 is 0 Å². The van der Waals surface area contributed by atoms with Gasteiger partial charge in [-0.25, -0.2) is 0 Å². The Bertz CT molecular complexity index is 1610. The number of aromatic nitrogens is 1. The van der Waals surface area contributed by atoms with Crippen molar-refractivity contribution >= 4 is 28.4 Å². The molecule has 3 aromatic carbocycles. The smallest absolute Gasteiger partial charge is 0.248 e. The van der Waals surface area contributed by atoms with E-state index in [9.17, 15) is 9.59 Å². The number of anilines is 1. The van der Waals surface area contributed by atoms with Gasteiger partial charge < -0.3 is 29.2 Å². The van der Waals surface area contributed by atoms with Crippen molar-refractivity contribution in [3.8, 4) is 23.0 Å². The molecule has 0 radical (unpaired) electrons. The normalized spacial score (nSPS) is 15.5. The molecule has 0 saturated heterocycles. The average Bonchev–Trinajstić information content (AvgIpc) is 3.45. The van der Waals surface area contributed by atoms with Crippen molar-refractivity contribution < 1.29 is 28.5 Å². The summed E-state index contributed by atoms with van der Waals surface area (Å²) in [4.78, 5) is 33.7. The quantitative estimate of drug-likeness (QED) is 0.261. The number of hydrogen-bond donors (Lipinski definition) is 2. The summed E-state index contributed by atoms with van der Waals surface area (Å²) in [5.74, 6) is 1.66. The van der Waals surface area contributed by atoms with E-state index in [-0.39, 0.29) is 24.3 Å². The van der Waals surface area contributed by atoms with E-state index in [4.69, 9.17) is 18.9 Å². The van der Waals surface area contributed by atoms with Crippen molar-refractivity contribution in [2.24, 2.45) is 0 Å². The van der Waals surface area contributed by atoms with Crippen LogP contribution in [0.1, 0.15) is 49.3 Å². The Kier molecular flexibility index (Phi) is 8.40. The number of ether oxygens (including phenoxy) is 4. The van der Waals surface area contributed by atoms with Crippen LogP contribution in [0, 0.1) is 0 Å².